The van der Waals surface area contributed by atoms with E-state index in [1.54, 1.807) is 0 Å². The minimum atomic E-state index is -0.706. The van der Waals surface area contributed by atoms with Crippen LogP contribution < -0.4 is 5.73 Å². The van der Waals surface area contributed by atoms with Crippen molar-refractivity contribution in [1.29, 1.82) is 0 Å². The van der Waals surface area contributed by atoms with Gasteiger partial charge in [-0.3, -0.25) is 0 Å². The number of rotatable bonds is 1. The van der Waals surface area contributed by atoms with Gasteiger partial charge in [-0.1, -0.05) is 0 Å². The summed E-state index contributed by atoms with van der Waals surface area (Å²) in [5, 5.41) is 6.72. The molecule has 0 saturated carbocycles. The molecule has 6 heteroatoms. The molecule has 0 bridgehead atoms. The van der Waals surface area contributed by atoms with Crippen molar-refractivity contribution in [2.45, 2.75) is 0 Å². The van der Waals surface area contributed by atoms with Crippen molar-refractivity contribution in [2.75, 3.05) is 5.73 Å². The van der Waals surface area contributed by atoms with Crippen LogP contribution in [0, 0.1) is 11.6 Å². The fourth-order valence-electron chi connectivity index (χ4n) is 1.09. The molecule has 14 heavy (non-hydrogen) atoms. The summed E-state index contributed by atoms with van der Waals surface area (Å²) in [6.45, 7) is 0. The number of anilines is 1. The lowest BCUT2D eigenvalue weighted by atomic mass is 10.1. The van der Waals surface area contributed by atoms with Crippen molar-refractivity contribution in [3.05, 3.63) is 29.8 Å². The van der Waals surface area contributed by atoms with Gasteiger partial charge in [-0.05, 0) is 22.4 Å². The molecule has 2 aromatic rings. The highest BCUT2D eigenvalue weighted by molar-refractivity contribution is 5.68. The Bertz CT molecular complexity index is 449. The van der Waals surface area contributed by atoms with E-state index in [1.807, 2.05) is 0 Å². The van der Waals surface area contributed by atoms with Crippen LogP contribution in [-0.2, 0) is 0 Å². The van der Waals surface area contributed by atoms with Gasteiger partial charge in [0.15, 0.2) is 11.5 Å². The Labute approximate surface area is 77.3 Å². The maximum atomic E-state index is 12.8. The van der Waals surface area contributed by atoms with Crippen LogP contribution >= 0.6 is 0 Å². The summed E-state index contributed by atoms with van der Waals surface area (Å²) in [6, 6.07) is 2.95. The summed E-state index contributed by atoms with van der Waals surface area (Å²) in [5.41, 5.74) is 5.68. The monoisotopic (exact) mass is 197 g/mol. The smallest absolute Gasteiger partial charge is 0.196 e. The van der Waals surface area contributed by atoms with E-state index in [0.29, 0.717) is 0 Å². The topological polar surface area (TPSA) is 64.9 Å². The predicted octanol–water partition coefficient (Wildman–Crippen LogP) is 1.60. The van der Waals surface area contributed by atoms with Crippen molar-refractivity contribution in [2.24, 2.45) is 0 Å². The molecule has 0 amide bonds. The highest BCUT2D eigenvalue weighted by Gasteiger charge is 2.11. The van der Waals surface area contributed by atoms with Gasteiger partial charge in [0.05, 0.1) is 0 Å². The van der Waals surface area contributed by atoms with Crippen molar-refractivity contribution in [3.63, 3.8) is 0 Å². The molecule has 0 atom stereocenters. The second kappa shape index (κ2) is 3.06. The Hall–Kier alpha value is -1.98. The van der Waals surface area contributed by atoms with Gasteiger partial charge < -0.3 is 5.73 Å². The molecule has 2 N–H and O–H groups in total. The van der Waals surface area contributed by atoms with E-state index < -0.39 is 11.6 Å². The Morgan fingerprint density at radius 2 is 1.71 bits per heavy atom. The minimum absolute atomic E-state index is 0.00463. The van der Waals surface area contributed by atoms with Crippen LogP contribution in [0.3, 0.4) is 0 Å². The summed E-state index contributed by atoms with van der Waals surface area (Å²) in [6.07, 6.45) is 0. The second-order valence-electron chi connectivity index (χ2n) is 2.66. The van der Waals surface area contributed by atoms with Crippen LogP contribution in [0.5, 0.6) is 0 Å². The lowest BCUT2D eigenvalue weighted by molar-refractivity contribution is 0.310. The number of nitrogen functional groups attached to an aromatic ring is 1. The molecule has 0 spiro atoms. The van der Waals surface area contributed by atoms with Gasteiger partial charge >= 0.3 is 0 Å². The van der Waals surface area contributed by atoms with Gasteiger partial charge in [-0.25, -0.2) is 13.4 Å². The maximum absolute atomic E-state index is 12.8. The molecule has 0 aliphatic carbocycles. The Morgan fingerprint density at radius 3 is 2.21 bits per heavy atom. The van der Waals surface area contributed by atoms with Gasteiger partial charge in [0, 0.05) is 11.6 Å². The largest absolute Gasteiger partial charge is 0.379 e. The first-order chi connectivity index (χ1) is 6.66. The summed E-state index contributed by atoms with van der Waals surface area (Å²) in [7, 11) is 0. The number of nitrogens with zero attached hydrogens (tertiary/aromatic N) is 2. The van der Waals surface area contributed by atoms with Crippen LogP contribution in [0.4, 0.5) is 14.6 Å². The molecule has 1 heterocycles. The van der Waals surface area contributed by atoms with E-state index in [1.165, 1.54) is 0 Å². The molecule has 72 valence electrons. The zero-order chi connectivity index (χ0) is 10.1. The van der Waals surface area contributed by atoms with Crippen LogP contribution in [0.15, 0.2) is 22.8 Å². The average Bonchev–Trinajstić information content (AvgIpc) is 2.49. The summed E-state index contributed by atoms with van der Waals surface area (Å²) in [5.74, 6) is -1.42. The van der Waals surface area contributed by atoms with Gasteiger partial charge in [-0.2, -0.15) is 0 Å². The number of nitrogens with two attached hydrogens (primary N) is 1. The Kier molecular flexibility index (Phi) is 1.88. The molecule has 0 saturated heterocycles. The van der Waals surface area contributed by atoms with Gasteiger partial charge in [0.25, 0.3) is 0 Å². The van der Waals surface area contributed by atoms with E-state index in [0.717, 1.165) is 18.2 Å². The SMILES string of the molecule is Nc1nonc1-c1cc(F)cc(F)c1. The first kappa shape index (κ1) is 8.61. The zero-order valence-electron chi connectivity index (χ0n) is 6.87. The van der Waals surface area contributed by atoms with E-state index in [9.17, 15) is 8.78 Å². The lowest BCUT2D eigenvalue weighted by Crippen LogP contribution is -1.90. The van der Waals surface area contributed by atoms with E-state index in [2.05, 4.69) is 14.9 Å². The molecule has 0 radical (unpaired) electrons. The minimum Gasteiger partial charge on any atom is -0.379 e. The highest BCUT2D eigenvalue weighted by Crippen LogP contribution is 2.23. The average molecular weight is 197 g/mol. The number of hydrogen-bond acceptors (Lipinski definition) is 4. The van der Waals surface area contributed by atoms with Crippen LogP contribution in [0.2, 0.25) is 0 Å². The number of halogens is 2. The van der Waals surface area contributed by atoms with Crippen molar-refractivity contribution in [1.82, 2.24) is 10.3 Å². The molecular formula is C8H5F2N3O. The maximum Gasteiger partial charge on any atom is 0.196 e. The fraction of sp³-hybridized carbons (Fsp3) is 0. The van der Waals surface area contributed by atoms with Crippen LogP contribution in [0.25, 0.3) is 11.3 Å². The summed E-state index contributed by atoms with van der Waals surface area (Å²) in [4.78, 5) is 0. The molecule has 1 aromatic heterocycles. The molecule has 2 rings (SSSR count). The molecule has 1 aromatic carbocycles. The molecular weight excluding hydrogens is 192 g/mol. The molecule has 4 nitrogen and oxygen atoms in total. The fourth-order valence-corrected chi connectivity index (χ4v) is 1.09. The Morgan fingerprint density at radius 1 is 1.07 bits per heavy atom. The molecule has 0 fully saturated rings. The van der Waals surface area contributed by atoms with Gasteiger partial charge in [-0.15, -0.1) is 0 Å². The van der Waals surface area contributed by atoms with E-state index >= 15 is 0 Å². The van der Waals surface area contributed by atoms with Gasteiger partial charge in [0.1, 0.15) is 11.6 Å². The third kappa shape index (κ3) is 1.41. The zero-order valence-corrected chi connectivity index (χ0v) is 6.87. The molecule has 0 aliphatic rings. The van der Waals surface area contributed by atoms with E-state index in [-0.39, 0.29) is 17.1 Å². The molecule has 0 unspecified atom stereocenters. The van der Waals surface area contributed by atoms with E-state index in [4.69, 9.17) is 5.73 Å². The van der Waals surface area contributed by atoms with Crippen molar-refractivity contribution in [3.8, 4) is 11.3 Å². The molecule has 0 aliphatic heterocycles. The number of aromatic nitrogens is 2. The first-order valence-corrected chi connectivity index (χ1v) is 3.71. The van der Waals surface area contributed by atoms with Crippen LogP contribution in [-0.4, -0.2) is 10.3 Å². The number of benzene rings is 1. The quantitative estimate of drug-likeness (QED) is 0.753. The third-order valence-corrected chi connectivity index (χ3v) is 1.65. The van der Waals surface area contributed by atoms with Crippen LogP contribution in [0.1, 0.15) is 0 Å². The van der Waals surface area contributed by atoms with Crippen molar-refractivity contribution >= 4 is 5.82 Å². The summed E-state index contributed by atoms with van der Waals surface area (Å²) < 4.78 is 29.9. The summed E-state index contributed by atoms with van der Waals surface area (Å²) >= 11 is 0. The van der Waals surface area contributed by atoms with Gasteiger partial charge in [0.2, 0.25) is 0 Å². The highest BCUT2D eigenvalue weighted by atomic mass is 19.1. The Balaban J connectivity index is 2.57. The lowest BCUT2D eigenvalue weighted by Gasteiger charge is -1.96. The predicted molar refractivity (Wildman–Crippen MR) is 44.1 cm³/mol. The number of hydrogen-bond donors (Lipinski definition) is 1. The first-order valence-electron chi connectivity index (χ1n) is 3.71. The normalized spacial score (nSPS) is 10.4. The standard InChI is InChI=1S/C8H5F2N3O/c9-5-1-4(2-6(10)3-5)7-8(11)13-14-12-7/h1-3H,(H2,11,13). The van der Waals surface area contributed by atoms with Crippen molar-refractivity contribution < 1.29 is 13.4 Å². The second-order valence-corrected chi connectivity index (χ2v) is 2.66. The third-order valence-electron chi connectivity index (χ3n) is 1.65.